The predicted molar refractivity (Wildman–Crippen MR) is 81.6 cm³/mol. The molecule has 6 nitrogen and oxygen atoms in total. The molecule has 3 N–H and O–H groups in total. The normalized spacial score (nSPS) is 10.5. The highest BCUT2D eigenvalue weighted by Crippen LogP contribution is 2.31. The summed E-state index contributed by atoms with van der Waals surface area (Å²) in [6.07, 6.45) is 0. The second-order valence-corrected chi connectivity index (χ2v) is 4.73. The minimum absolute atomic E-state index is 0.169. The largest absolute Gasteiger partial charge is 0.490 e. The van der Waals surface area contributed by atoms with Gasteiger partial charge < -0.3 is 14.9 Å². The second-order valence-electron chi connectivity index (χ2n) is 4.73. The number of nitrogens with one attached hydrogen (secondary N) is 1. The number of hydrazine groups is 1. The highest BCUT2D eigenvalue weighted by Gasteiger charge is 2.11. The molecule has 6 heteroatoms. The molecule has 1 aromatic heterocycles. The fraction of sp³-hybridized carbons (Fsp3) is 0.333. The Morgan fingerprint density at radius 1 is 1.19 bits per heavy atom. The SMILES string of the molecule is CCOc1ccccc1Oc1cc(NN)nc(C(C)C)n1. The molecule has 112 valence electrons. The molecular formula is C15H20N4O2. The van der Waals surface area contributed by atoms with Crippen LogP contribution in [0.3, 0.4) is 0 Å². The zero-order chi connectivity index (χ0) is 15.2. The molecule has 0 radical (unpaired) electrons. The van der Waals surface area contributed by atoms with Crippen LogP contribution in [-0.4, -0.2) is 16.6 Å². The van der Waals surface area contributed by atoms with Gasteiger partial charge in [0.2, 0.25) is 5.88 Å². The molecule has 1 aromatic carbocycles. The molecule has 0 amide bonds. The Labute approximate surface area is 124 Å². The quantitative estimate of drug-likeness (QED) is 0.628. The van der Waals surface area contributed by atoms with Gasteiger partial charge in [0.1, 0.15) is 11.6 Å². The van der Waals surface area contributed by atoms with Crippen LogP contribution < -0.4 is 20.7 Å². The molecule has 0 fully saturated rings. The maximum Gasteiger partial charge on any atom is 0.224 e. The van der Waals surface area contributed by atoms with Crippen LogP contribution in [0.25, 0.3) is 0 Å². The van der Waals surface area contributed by atoms with E-state index in [2.05, 4.69) is 15.4 Å². The van der Waals surface area contributed by atoms with Crippen molar-refractivity contribution >= 4 is 5.82 Å². The monoisotopic (exact) mass is 288 g/mol. The van der Waals surface area contributed by atoms with Gasteiger partial charge >= 0.3 is 0 Å². The standard InChI is InChI=1S/C15H20N4O2/c1-4-20-11-7-5-6-8-12(11)21-14-9-13(19-16)17-15(18-14)10(2)3/h5-10H,4,16H2,1-3H3,(H,17,18,19). The van der Waals surface area contributed by atoms with Crippen molar-refractivity contribution < 1.29 is 9.47 Å². The predicted octanol–water partition coefficient (Wildman–Crippen LogP) is 3.08. The summed E-state index contributed by atoms with van der Waals surface area (Å²) in [7, 11) is 0. The van der Waals surface area contributed by atoms with Gasteiger partial charge in [-0.2, -0.15) is 4.98 Å². The van der Waals surface area contributed by atoms with Crippen molar-refractivity contribution in [1.29, 1.82) is 0 Å². The average Bonchev–Trinajstić information content (AvgIpc) is 2.49. The van der Waals surface area contributed by atoms with Crippen LogP contribution in [-0.2, 0) is 0 Å². The number of benzene rings is 1. The van der Waals surface area contributed by atoms with Gasteiger partial charge in [0.05, 0.1) is 6.61 Å². The molecular weight excluding hydrogens is 268 g/mol. The Balaban J connectivity index is 2.32. The van der Waals surface area contributed by atoms with Crippen molar-refractivity contribution in [2.24, 2.45) is 5.84 Å². The molecule has 2 rings (SSSR count). The number of rotatable bonds is 6. The Bertz CT molecular complexity index is 602. The lowest BCUT2D eigenvalue weighted by molar-refractivity contribution is 0.319. The smallest absolute Gasteiger partial charge is 0.224 e. The Kier molecular flexibility index (Phi) is 4.94. The van der Waals surface area contributed by atoms with Crippen LogP contribution in [0.5, 0.6) is 17.4 Å². The molecule has 21 heavy (non-hydrogen) atoms. The van der Waals surface area contributed by atoms with Crippen LogP contribution in [0, 0.1) is 0 Å². The van der Waals surface area contributed by atoms with Gasteiger partial charge in [-0.15, -0.1) is 0 Å². The number of nitrogen functional groups attached to an aromatic ring is 1. The molecule has 0 aliphatic carbocycles. The fourth-order valence-electron chi connectivity index (χ4n) is 1.75. The molecule has 0 spiro atoms. The molecule has 2 aromatic rings. The van der Waals surface area contributed by atoms with Crippen molar-refractivity contribution in [2.45, 2.75) is 26.7 Å². The minimum Gasteiger partial charge on any atom is -0.490 e. The summed E-state index contributed by atoms with van der Waals surface area (Å²) < 4.78 is 11.4. The lowest BCUT2D eigenvalue weighted by Gasteiger charge is -2.13. The third-order valence-corrected chi connectivity index (χ3v) is 2.75. The number of para-hydroxylation sites is 2. The molecule has 0 bridgehead atoms. The van der Waals surface area contributed by atoms with E-state index in [1.54, 1.807) is 6.07 Å². The molecule has 0 aliphatic rings. The van der Waals surface area contributed by atoms with Gasteiger partial charge in [0, 0.05) is 12.0 Å². The van der Waals surface area contributed by atoms with Crippen molar-refractivity contribution in [3.8, 4) is 17.4 Å². The summed E-state index contributed by atoms with van der Waals surface area (Å²) >= 11 is 0. The van der Waals surface area contributed by atoms with Crippen LogP contribution in [0.2, 0.25) is 0 Å². The second kappa shape index (κ2) is 6.90. The lowest BCUT2D eigenvalue weighted by Crippen LogP contribution is -2.11. The highest BCUT2D eigenvalue weighted by atomic mass is 16.5. The van der Waals surface area contributed by atoms with Crippen molar-refractivity contribution in [3.63, 3.8) is 0 Å². The number of hydrogen-bond donors (Lipinski definition) is 2. The first-order valence-corrected chi connectivity index (χ1v) is 6.89. The summed E-state index contributed by atoms with van der Waals surface area (Å²) in [6.45, 7) is 6.51. The average molecular weight is 288 g/mol. The fourth-order valence-corrected chi connectivity index (χ4v) is 1.75. The number of hydrogen-bond acceptors (Lipinski definition) is 6. The molecule has 0 aliphatic heterocycles. The Morgan fingerprint density at radius 3 is 2.52 bits per heavy atom. The first-order valence-electron chi connectivity index (χ1n) is 6.89. The van der Waals surface area contributed by atoms with Crippen LogP contribution >= 0.6 is 0 Å². The summed E-state index contributed by atoms with van der Waals surface area (Å²) in [5, 5.41) is 0. The first-order chi connectivity index (χ1) is 10.1. The van der Waals surface area contributed by atoms with Crippen molar-refractivity contribution in [2.75, 3.05) is 12.0 Å². The number of anilines is 1. The van der Waals surface area contributed by atoms with Crippen molar-refractivity contribution in [3.05, 3.63) is 36.2 Å². The van der Waals surface area contributed by atoms with Gasteiger partial charge in [-0.05, 0) is 19.1 Å². The number of aromatic nitrogens is 2. The topological polar surface area (TPSA) is 82.3 Å². The molecule has 0 atom stereocenters. The zero-order valence-electron chi connectivity index (χ0n) is 12.5. The molecule has 0 saturated heterocycles. The van der Waals surface area contributed by atoms with Crippen molar-refractivity contribution in [1.82, 2.24) is 9.97 Å². The van der Waals surface area contributed by atoms with E-state index in [4.69, 9.17) is 15.3 Å². The Hall–Kier alpha value is -2.34. The van der Waals surface area contributed by atoms with Gasteiger partial charge in [-0.3, -0.25) is 0 Å². The van der Waals surface area contributed by atoms with Gasteiger partial charge in [0.15, 0.2) is 11.5 Å². The lowest BCUT2D eigenvalue weighted by atomic mass is 10.2. The third kappa shape index (κ3) is 3.82. The number of nitrogens with zero attached hydrogens (tertiary/aromatic N) is 2. The summed E-state index contributed by atoms with van der Waals surface area (Å²) in [4.78, 5) is 8.69. The van der Waals surface area contributed by atoms with E-state index in [-0.39, 0.29) is 5.92 Å². The van der Waals surface area contributed by atoms with E-state index < -0.39 is 0 Å². The zero-order valence-corrected chi connectivity index (χ0v) is 12.5. The molecule has 0 saturated carbocycles. The number of ether oxygens (including phenoxy) is 2. The van der Waals surface area contributed by atoms with E-state index in [1.807, 2.05) is 45.0 Å². The van der Waals surface area contributed by atoms with Gasteiger partial charge in [0.25, 0.3) is 0 Å². The summed E-state index contributed by atoms with van der Waals surface area (Å²) in [5.41, 5.74) is 2.53. The third-order valence-electron chi connectivity index (χ3n) is 2.75. The van der Waals surface area contributed by atoms with E-state index in [1.165, 1.54) is 0 Å². The number of nitrogens with two attached hydrogens (primary N) is 1. The highest BCUT2D eigenvalue weighted by molar-refractivity contribution is 5.44. The van der Waals surface area contributed by atoms with E-state index in [9.17, 15) is 0 Å². The van der Waals surface area contributed by atoms with Crippen LogP contribution in [0.1, 0.15) is 32.5 Å². The maximum absolute atomic E-state index is 5.82. The van der Waals surface area contributed by atoms with Gasteiger partial charge in [-0.25, -0.2) is 10.8 Å². The van der Waals surface area contributed by atoms with E-state index in [0.29, 0.717) is 35.6 Å². The molecule has 0 unspecified atom stereocenters. The van der Waals surface area contributed by atoms with Crippen LogP contribution in [0.15, 0.2) is 30.3 Å². The maximum atomic E-state index is 5.82. The molecule has 1 heterocycles. The summed E-state index contributed by atoms with van der Waals surface area (Å²) in [6, 6.07) is 9.10. The van der Waals surface area contributed by atoms with E-state index in [0.717, 1.165) is 0 Å². The summed E-state index contributed by atoms with van der Waals surface area (Å²) in [5.74, 6) is 8.49. The first kappa shape index (κ1) is 15.1. The van der Waals surface area contributed by atoms with E-state index >= 15 is 0 Å². The van der Waals surface area contributed by atoms with Gasteiger partial charge in [-0.1, -0.05) is 26.0 Å². The van der Waals surface area contributed by atoms with Crippen LogP contribution in [0.4, 0.5) is 5.82 Å². The Morgan fingerprint density at radius 2 is 1.90 bits per heavy atom. The minimum atomic E-state index is 0.169.